The monoisotopic (exact) mass is 555 g/mol. The van der Waals surface area contributed by atoms with Crippen LogP contribution in [0.25, 0.3) is 10.9 Å². The third-order valence-corrected chi connectivity index (χ3v) is 7.89. The normalized spacial score (nSPS) is 21.6. The van der Waals surface area contributed by atoms with Gasteiger partial charge in [0.2, 0.25) is 0 Å². The molecule has 0 bridgehead atoms. The highest BCUT2D eigenvalue weighted by molar-refractivity contribution is 5.85. The van der Waals surface area contributed by atoms with E-state index in [-0.39, 0.29) is 30.5 Å². The summed E-state index contributed by atoms with van der Waals surface area (Å²) < 4.78 is 90.5. The minimum Gasteiger partial charge on any atom is -0.492 e. The minimum absolute atomic E-state index is 0.0114. The zero-order valence-corrected chi connectivity index (χ0v) is 21.4. The second-order valence-corrected chi connectivity index (χ2v) is 10.6. The van der Waals surface area contributed by atoms with Gasteiger partial charge in [-0.3, -0.25) is 14.2 Å². The maximum Gasteiger partial charge on any atom is 0.395 e. The summed E-state index contributed by atoms with van der Waals surface area (Å²) in [5, 5.41) is 10.4. The molecule has 1 unspecified atom stereocenters. The van der Waals surface area contributed by atoms with Crippen LogP contribution in [0.2, 0.25) is 0 Å². The number of hydrogen-bond acceptors (Lipinski definition) is 4. The Labute approximate surface area is 222 Å². The molecule has 5 nitrogen and oxygen atoms in total. The summed E-state index contributed by atoms with van der Waals surface area (Å²) in [5.74, 6) is -3.98. The van der Waals surface area contributed by atoms with E-state index in [9.17, 15) is 22.7 Å². The average molecular weight is 556 g/mol. The largest absolute Gasteiger partial charge is 0.492 e. The van der Waals surface area contributed by atoms with E-state index in [1.807, 2.05) is 23.1 Å². The van der Waals surface area contributed by atoms with Crippen LogP contribution in [0.5, 0.6) is 5.75 Å². The first kappa shape index (κ1) is 27.8. The van der Waals surface area contributed by atoms with E-state index in [1.54, 1.807) is 13.0 Å². The van der Waals surface area contributed by atoms with Gasteiger partial charge in [-0.05, 0) is 25.0 Å². The molecule has 3 aromatic rings. The predicted octanol–water partition coefficient (Wildman–Crippen LogP) is 5.23. The van der Waals surface area contributed by atoms with Gasteiger partial charge in [-0.1, -0.05) is 18.2 Å². The first-order valence-corrected chi connectivity index (χ1v) is 13.0. The minimum atomic E-state index is -4.69. The van der Waals surface area contributed by atoms with Gasteiger partial charge in [0.15, 0.2) is 0 Å². The molecule has 2 aliphatic rings. The van der Waals surface area contributed by atoms with Crippen LogP contribution in [0.1, 0.15) is 29.8 Å². The van der Waals surface area contributed by atoms with E-state index in [4.69, 9.17) is 4.74 Å². The van der Waals surface area contributed by atoms with Gasteiger partial charge in [0, 0.05) is 72.4 Å². The molecule has 1 fully saturated rings. The standard InChI is InChI=1S/C28H31F6N3O2/c1-16-8-21-20-4-2-3-5-24(20)35-26(21)27(37(16)14-18(15-38)28(32,33)34)25-22(30)9-19(10-23(25)31)39-7-6-36-12-17(11-29)13-36/h2-5,9-10,16-18,27,35,38H,6-8,11-15H2,1H3/t16-,18?,27-/m1/s1. The fourth-order valence-corrected chi connectivity index (χ4v) is 5.78. The maximum atomic E-state index is 15.7. The van der Waals surface area contributed by atoms with Crippen molar-refractivity contribution in [1.29, 1.82) is 0 Å². The lowest BCUT2D eigenvalue weighted by Gasteiger charge is -2.42. The van der Waals surface area contributed by atoms with Gasteiger partial charge < -0.3 is 14.8 Å². The van der Waals surface area contributed by atoms with E-state index in [2.05, 4.69) is 4.98 Å². The molecular weight excluding hydrogens is 524 g/mol. The molecule has 39 heavy (non-hydrogen) atoms. The van der Waals surface area contributed by atoms with Crippen molar-refractivity contribution < 1.29 is 36.2 Å². The average Bonchev–Trinajstić information content (AvgIpc) is 3.21. The Morgan fingerprint density at radius 3 is 2.46 bits per heavy atom. The van der Waals surface area contributed by atoms with Crippen LogP contribution < -0.4 is 4.74 Å². The van der Waals surface area contributed by atoms with Crippen molar-refractivity contribution >= 4 is 10.9 Å². The smallest absolute Gasteiger partial charge is 0.395 e. The van der Waals surface area contributed by atoms with Crippen molar-refractivity contribution in [2.45, 2.75) is 31.6 Å². The van der Waals surface area contributed by atoms with E-state index < -0.39 is 49.0 Å². The zero-order chi connectivity index (χ0) is 27.9. The molecule has 2 N–H and O–H groups in total. The van der Waals surface area contributed by atoms with Crippen molar-refractivity contribution in [2.75, 3.05) is 46.1 Å². The summed E-state index contributed by atoms with van der Waals surface area (Å²) >= 11 is 0. The van der Waals surface area contributed by atoms with E-state index in [0.717, 1.165) is 28.6 Å². The lowest BCUT2D eigenvalue weighted by atomic mass is 9.87. The summed E-state index contributed by atoms with van der Waals surface area (Å²) in [6.45, 7) is 1.42. The van der Waals surface area contributed by atoms with Crippen molar-refractivity contribution in [1.82, 2.24) is 14.8 Å². The summed E-state index contributed by atoms with van der Waals surface area (Å²) in [6, 6.07) is 7.73. The number of aliphatic hydroxyl groups is 1. The number of nitrogens with one attached hydrogen (secondary N) is 1. The molecule has 0 aliphatic carbocycles. The Balaban J connectivity index is 1.48. The van der Waals surface area contributed by atoms with Gasteiger partial charge in [0.25, 0.3) is 0 Å². The highest BCUT2D eigenvalue weighted by Gasteiger charge is 2.45. The third-order valence-electron chi connectivity index (χ3n) is 7.89. The van der Waals surface area contributed by atoms with Crippen LogP contribution in [0, 0.1) is 23.5 Å². The molecule has 3 heterocycles. The number of aliphatic hydroxyl groups excluding tert-OH is 1. The fraction of sp³-hybridized carbons (Fsp3) is 0.500. The van der Waals surface area contributed by atoms with Crippen molar-refractivity contribution in [3.63, 3.8) is 0 Å². The molecule has 1 aromatic heterocycles. The maximum absolute atomic E-state index is 15.7. The Bertz CT molecular complexity index is 1280. The number of ether oxygens (including phenoxy) is 1. The van der Waals surface area contributed by atoms with E-state index in [1.165, 1.54) is 4.90 Å². The second kappa shape index (κ2) is 11.0. The van der Waals surface area contributed by atoms with Crippen LogP contribution in [0.15, 0.2) is 36.4 Å². The van der Waals surface area contributed by atoms with Crippen LogP contribution in [0.3, 0.4) is 0 Å². The van der Waals surface area contributed by atoms with Crippen LogP contribution >= 0.6 is 0 Å². The first-order chi connectivity index (χ1) is 18.6. The van der Waals surface area contributed by atoms with Gasteiger partial charge in [-0.2, -0.15) is 13.2 Å². The summed E-state index contributed by atoms with van der Waals surface area (Å²) in [7, 11) is 0. The topological polar surface area (TPSA) is 51.7 Å². The number of rotatable bonds is 9. The Morgan fingerprint density at radius 2 is 1.82 bits per heavy atom. The van der Waals surface area contributed by atoms with Crippen molar-refractivity contribution in [3.8, 4) is 5.75 Å². The van der Waals surface area contributed by atoms with Gasteiger partial charge in [0.05, 0.1) is 25.2 Å². The lowest BCUT2D eigenvalue weighted by Crippen LogP contribution is -2.49. The number of nitrogens with zero attached hydrogens (tertiary/aromatic N) is 2. The number of benzene rings is 2. The molecule has 0 spiro atoms. The molecule has 212 valence electrons. The predicted molar refractivity (Wildman–Crippen MR) is 134 cm³/mol. The fourth-order valence-electron chi connectivity index (χ4n) is 5.78. The Hall–Kier alpha value is -2.76. The number of fused-ring (bicyclic) bond motifs is 3. The van der Waals surface area contributed by atoms with Crippen LogP contribution in [-0.2, 0) is 6.42 Å². The second-order valence-electron chi connectivity index (χ2n) is 10.6. The van der Waals surface area contributed by atoms with E-state index in [0.29, 0.717) is 31.7 Å². The van der Waals surface area contributed by atoms with Gasteiger partial charge in [-0.15, -0.1) is 0 Å². The summed E-state index contributed by atoms with van der Waals surface area (Å²) in [5.41, 5.74) is 1.57. The zero-order valence-electron chi connectivity index (χ0n) is 21.4. The molecule has 3 atom stereocenters. The first-order valence-electron chi connectivity index (χ1n) is 13.0. The SMILES string of the molecule is C[C@@H]1Cc2c([nH]c3ccccc23)[C@@H](c2c(F)cc(OCCN3CC(CF)C3)cc2F)N1CC(CO)C(F)(F)F. The number of halogens is 6. The lowest BCUT2D eigenvalue weighted by molar-refractivity contribution is -0.191. The molecule has 1 saturated heterocycles. The summed E-state index contributed by atoms with van der Waals surface area (Å²) in [4.78, 5) is 6.59. The highest BCUT2D eigenvalue weighted by Crippen LogP contribution is 2.44. The molecule has 2 aliphatic heterocycles. The van der Waals surface area contributed by atoms with Crippen LogP contribution in [0.4, 0.5) is 26.3 Å². The van der Waals surface area contributed by atoms with E-state index >= 15 is 8.78 Å². The molecule has 0 radical (unpaired) electrons. The number of hydrogen-bond donors (Lipinski definition) is 2. The molecule has 0 saturated carbocycles. The Morgan fingerprint density at radius 1 is 1.13 bits per heavy atom. The molecule has 5 rings (SSSR count). The third kappa shape index (κ3) is 5.49. The van der Waals surface area contributed by atoms with Gasteiger partial charge >= 0.3 is 6.18 Å². The number of para-hydroxylation sites is 1. The molecule has 11 heteroatoms. The van der Waals surface area contributed by atoms with Crippen molar-refractivity contribution in [3.05, 3.63) is 64.9 Å². The number of H-pyrrole nitrogens is 1. The molecule has 2 aromatic carbocycles. The Kier molecular flexibility index (Phi) is 7.85. The summed E-state index contributed by atoms with van der Waals surface area (Å²) in [6.07, 6.45) is -4.31. The van der Waals surface area contributed by atoms with Gasteiger partial charge in [0.1, 0.15) is 24.0 Å². The molecular formula is C28H31F6N3O2. The number of aromatic amines is 1. The number of aromatic nitrogens is 1. The number of alkyl halides is 4. The van der Waals surface area contributed by atoms with Crippen molar-refractivity contribution in [2.24, 2.45) is 11.8 Å². The quantitative estimate of drug-likeness (QED) is 0.355. The van der Waals surface area contributed by atoms with Crippen LogP contribution in [-0.4, -0.2) is 78.2 Å². The number of likely N-dealkylation sites (tertiary alicyclic amines) is 1. The molecule has 0 amide bonds. The highest BCUT2D eigenvalue weighted by atomic mass is 19.4. The van der Waals surface area contributed by atoms with Gasteiger partial charge in [-0.25, -0.2) is 8.78 Å².